The zero-order chi connectivity index (χ0) is 13.7. The van der Waals surface area contributed by atoms with Crippen molar-refractivity contribution in [3.05, 3.63) is 29.3 Å². The van der Waals surface area contributed by atoms with E-state index in [1.54, 1.807) is 6.07 Å². The molecule has 0 aromatic heterocycles. The van der Waals surface area contributed by atoms with Gasteiger partial charge in [0.15, 0.2) is 0 Å². The van der Waals surface area contributed by atoms with Gasteiger partial charge >= 0.3 is 0 Å². The van der Waals surface area contributed by atoms with Crippen molar-refractivity contribution in [3.63, 3.8) is 0 Å². The van der Waals surface area contributed by atoms with E-state index < -0.39 is 18.1 Å². The maximum atomic E-state index is 11.3. The molecule has 1 aromatic rings. The molecule has 0 spiro atoms. The number of carbonyl (C=O) groups is 1. The molecule has 5 nitrogen and oxygen atoms in total. The first-order valence-corrected chi connectivity index (χ1v) is 6.09. The van der Waals surface area contributed by atoms with Crippen molar-refractivity contribution < 1.29 is 19.7 Å². The molecule has 0 heterocycles. The van der Waals surface area contributed by atoms with Crippen molar-refractivity contribution in [1.29, 1.82) is 0 Å². The minimum Gasteiger partial charge on any atom is -0.497 e. The Morgan fingerprint density at radius 2 is 2.17 bits per heavy atom. The average Bonchev–Trinajstić information content (AvgIpc) is 2.37. The highest BCUT2D eigenvalue weighted by Gasteiger charge is 2.22. The zero-order valence-corrected chi connectivity index (χ0v) is 10.9. The summed E-state index contributed by atoms with van der Waals surface area (Å²) in [7, 11) is 1.46. The number of aliphatic hydroxyl groups is 2. The molecule has 0 bridgehead atoms. The minimum absolute atomic E-state index is 0.139. The lowest BCUT2D eigenvalue weighted by molar-refractivity contribution is 0.0167. The van der Waals surface area contributed by atoms with E-state index in [1.807, 2.05) is 0 Å². The molecule has 100 valence electrons. The van der Waals surface area contributed by atoms with E-state index in [0.29, 0.717) is 17.9 Å². The smallest absolute Gasteiger partial charge is 0.249 e. The molecule has 0 radical (unpaired) electrons. The third-order valence-corrected chi connectivity index (χ3v) is 2.89. The van der Waals surface area contributed by atoms with Crippen LogP contribution in [0.2, 0.25) is 0 Å². The second-order valence-electron chi connectivity index (χ2n) is 3.84. The van der Waals surface area contributed by atoms with Crippen molar-refractivity contribution in [1.82, 2.24) is 0 Å². The number of rotatable bonds is 6. The fourth-order valence-corrected chi connectivity index (χ4v) is 1.90. The number of hydrogen-bond donors (Lipinski definition) is 4. The molecular formula is C12H17NO4S. The summed E-state index contributed by atoms with van der Waals surface area (Å²) in [5.74, 6) is 0.213. The van der Waals surface area contributed by atoms with Gasteiger partial charge in [0.25, 0.3) is 0 Å². The highest BCUT2D eigenvalue weighted by atomic mass is 32.1. The Kier molecular flexibility index (Phi) is 5.46. The molecule has 0 aliphatic heterocycles. The second kappa shape index (κ2) is 6.63. The van der Waals surface area contributed by atoms with Gasteiger partial charge in [0, 0.05) is 5.56 Å². The predicted molar refractivity (Wildman–Crippen MR) is 70.9 cm³/mol. The number of carbonyl (C=O) groups excluding carboxylic acids is 1. The largest absolute Gasteiger partial charge is 0.497 e. The number of amides is 1. The lowest BCUT2D eigenvalue weighted by Gasteiger charge is -2.19. The Bertz CT molecular complexity index is 425. The van der Waals surface area contributed by atoms with Crippen LogP contribution in [0.1, 0.15) is 28.4 Å². The van der Waals surface area contributed by atoms with Gasteiger partial charge in [0.1, 0.15) is 11.9 Å². The highest BCUT2D eigenvalue weighted by Crippen LogP contribution is 2.26. The Labute approximate surface area is 111 Å². The van der Waals surface area contributed by atoms with Gasteiger partial charge in [-0.2, -0.15) is 12.6 Å². The molecule has 0 saturated carbocycles. The van der Waals surface area contributed by atoms with E-state index in [0.717, 1.165) is 0 Å². The SMILES string of the molecule is COc1ccc(C(O)C(O)CCS)c(C(N)=O)c1. The van der Waals surface area contributed by atoms with E-state index in [2.05, 4.69) is 12.6 Å². The van der Waals surface area contributed by atoms with Gasteiger partial charge in [0.2, 0.25) is 5.91 Å². The monoisotopic (exact) mass is 271 g/mol. The summed E-state index contributed by atoms with van der Waals surface area (Å²) in [5, 5.41) is 19.7. The van der Waals surface area contributed by atoms with Gasteiger partial charge in [-0.15, -0.1) is 0 Å². The van der Waals surface area contributed by atoms with Gasteiger partial charge in [-0.1, -0.05) is 6.07 Å². The minimum atomic E-state index is -1.18. The molecule has 1 amide bonds. The molecule has 0 aliphatic rings. The summed E-state index contributed by atoms with van der Waals surface area (Å²) in [6, 6.07) is 4.55. The number of benzene rings is 1. The van der Waals surface area contributed by atoms with Crippen molar-refractivity contribution in [2.24, 2.45) is 5.73 Å². The summed E-state index contributed by atoms with van der Waals surface area (Å²) < 4.78 is 4.98. The number of nitrogens with two attached hydrogens (primary N) is 1. The molecule has 0 saturated heterocycles. The van der Waals surface area contributed by atoms with Gasteiger partial charge < -0.3 is 20.7 Å². The molecule has 0 fully saturated rings. The normalized spacial score (nSPS) is 14.0. The van der Waals surface area contributed by atoms with Crippen LogP contribution in [-0.4, -0.2) is 35.1 Å². The topological polar surface area (TPSA) is 92.8 Å². The number of ether oxygens (including phenoxy) is 1. The third-order valence-electron chi connectivity index (χ3n) is 2.63. The molecule has 6 heteroatoms. The first-order chi connectivity index (χ1) is 8.51. The van der Waals surface area contributed by atoms with Gasteiger partial charge in [-0.05, 0) is 29.9 Å². The van der Waals surface area contributed by atoms with Gasteiger partial charge in [-0.3, -0.25) is 4.79 Å². The van der Waals surface area contributed by atoms with Crippen molar-refractivity contribution in [2.75, 3.05) is 12.9 Å². The van der Waals surface area contributed by atoms with Gasteiger partial charge in [-0.25, -0.2) is 0 Å². The lowest BCUT2D eigenvalue weighted by Crippen LogP contribution is -2.23. The van der Waals surface area contributed by atoms with Crippen LogP contribution in [0.4, 0.5) is 0 Å². The second-order valence-corrected chi connectivity index (χ2v) is 4.29. The number of methoxy groups -OCH3 is 1. The summed E-state index contributed by atoms with van der Waals surface area (Å²) >= 11 is 3.98. The molecule has 0 aliphatic carbocycles. The fourth-order valence-electron chi connectivity index (χ4n) is 1.63. The van der Waals surface area contributed by atoms with Crippen LogP contribution in [0, 0.1) is 0 Å². The van der Waals surface area contributed by atoms with Crippen LogP contribution in [0.25, 0.3) is 0 Å². The lowest BCUT2D eigenvalue weighted by atomic mass is 9.97. The standard InChI is InChI=1S/C12H17NO4S/c1-17-7-2-3-8(9(6-7)12(13)16)11(15)10(14)4-5-18/h2-3,6,10-11,14-15,18H,4-5H2,1H3,(H2,13,16). The van der Waals surface area contributed by atoms with Crippen LogP contribution in [-0.2, 0) is 0 Å². The Morgan fingerprint density at radius 1 is 1.50 bits per heavy atom. The predicted octanol–water partition coefficient (Wildman–Crippen LogP) is 0.508. The summed E-state index contributed by atoms with van der Waals surface area (Å²) in [6.45, 7) is 0. The quantitative estimate of drug-likeness (QED) is 0.567. The van der Waals surface area contributed by atoms with Crippen molar-refractivity contribution >= 4 is 18.5 Å². The van der Waals surface area contributed by atoms with E-state index in [1.165, 1.54) is 19.2 Å². The van der Waals surface area contributed by atoms with Crippen molar-refractivity contribution in [3.8, 4) is 5.75 Å². The summed E-state index contributed by atoms with van der Waals surface area (Å²) in [6.07, 6.45) is -1.85. The maximum absolute atomic E-state index is 11.3. The summed E-state index contributed by atoms with van der Waals surface area (Å²) in [4.78, 5) is 11.3. The van der Waals surface area contributed by atoms with E-state index >= 15 is 0 Å². The van der Waals surface area contributed by atoms with Crippen molar-refractivity contribution in [2.45, 2.75) is 18.6 Å². The van der Waals surface area contributed by atoms with Gasteiger partial charge in [0.05, 0.1) is 13.2 Å². The van der Waals surface area contributed by atoms with E-state index in [9.17, 15) is 15.0 Å². The zero-order valence-electron chi connectivity index (χ0n) is 10.0. The molecular weight excluding hydrogens is 254 g/mol. The van der Waals surface area contributed by atoms with Crippen LogP contribution >= 0.6 is 12.6 Å². The van der Waals surface area contributed by atoms with Crippen LogP contribution in [0.15, 0.2) is 18.2 Å². The molecule has 1 rings (SSSR count). The molecule has 2 unspecified atom stereocenters. The molecule has 18 heavy (non-hydrogen) atoms. The average molecular weight is 271 g/mol. The highest BCUT2D eigenvalue weighted by molar-refractivity contribution is 7.80. The first kappa shape index (κ1) is 14.8. The van der Waals surface area contributed by atoms with Crippen LogP contribution in [0.3, 0.4) is 0 Å². The van der Waals surface area contributed by atoms with Crippen LogP contribution in [0.5, 0.6) is 5.75 Å². The third kappa shape index (κ3) is 3.38. The Balaban J connectivity index is 3.10. The molecule has 2 atom stereocenters. The number of primary amides is 1. The maximum Gasteiger partial charge on any atom is 0.249 e. The first-order valence-electron chi connectivity index (χ1n) is 5.46. The molecule has 1 aromatic carbocycles. The van der Waals surface area contributed by atoms with E-state index in [4.69, 9.17) is 10.5 Å². The number of thiol groups is 1. The van der Waals surface area contributed by atoms with E-state index in [-0.39, 0.29) is 11.1 Å². The number of hydrogen-bond acceptors (Lipinski definition) is 5. The fraction of sp³-hybridized carbons (Fsp3) is 0.417. The summed E-state index contributed by atoms with van der Waals surface area (Å²) in [5.41, 5.74) is 5.68. The Hall–Kier alpha value is -1.24. The number of aliphatic hydroxyl groups excluding tert-OH is 2. The van der Waals surface area contributed by atoms with Crippen LogP contribution < -0.4 is 10.5 Å². The molecule has 4 N–H and O–H groups in total. The Morgan fingerprint density at radius 3 is 2.67 bits per heavy atom.